The lowest BCUT2D eigenvalue weighted by molar-refractivity contribution is -0.149. The van der Waals surface area contributed by atoms with Gasteiger partial charge in [-0.2, -0.15) is 0 Å². The number of carbonyl (C=O) groups is 3. The van der Waals surface area contributed by atoms with Crippen molar-refractivity contribution in [1.82, 2.24) is 9.88 Å². The number of nitrogens with zero attached hydrogens (tertiary/aromatic N) is 2. The third-order valence-electron chi connectivity index (χ3n) is 10.4. The lowest BCUT2D eigenvalue weighted by Crippen LogP contribution is -2.31. The number of fused-ring (bicyclic) bond motifs is 1. The zero-order chi connectivity index (χ0) is 34.9. The van der Waals surface area contributed by atoms with Crippen molar-refractivity contribution in [3.63, 3.8) is 0 Å². The summed E-state index contributed by atoms with van der Waals surface area (Å²) >= 11 is 0. The zero-order valence-corrected chi connectivity index (χ0v) is 28.3. The molecule has 10 heteroatoms. The second-order valence-electron chi connectivity index (χ2n) is 14.1. The van der Waals surface area contributed by atoms with E-state index < -0.39 is 11.2 Å². The Kier molecular flexibility index (Phi) is 9.41. The maximum Gasteiger partial charge on any atom is 0.320 e. The summed E-state index contributed by atoms with van der Waals surface area (Å²) < 4.78 is 32.9. The van der Waals surface area contributed by atoms with Crippen LogP contribution in [0.1, 0.15) is 48.8 Å². The number of rotatable bonds is 15. The van der Waals surface area contributed by atoms with Gasteiger partial charge in [0.15, 0.2) is 23.1 Å². The van der Waals surface area contributed by atoms with Crippen LogP contribution in [0.15, 0.2) is 72.9 Å². The lowest BCUT2D eigenvalue weighted by atomic mass is 9.87. The number of ketones is 2. The quantitative estimate of drug-likeness (QED) is 0.0928. The molecule has 3 aromatic carbocycles. The predicted molar refractivity (Wildman–Crippen MR) is 186 cm³/mol. The minimum Gasteiger partial charge on any atom is -0.493 e. The molecule has 1 atom stereocenters. The van der Waals surface area contributed by atoms with E-state index in [1.54, 1.807) is 18.3 Å². The molecular weight excluding hydrogens is 637 g/mol. The Labute approximate surface area is 290 Å². The summed E-state index contributed by atoms with van der Waals surface area (Å²) in [5.74, 6) is -0.0311. The Balaban J connectivity index is 0.922. The van der Waals surface area contributed by atoms with Crippen LogP contribution in [-0.4, -0.2) is 66.3 Å². The Morgan fingerprint density at radius 2 is 1.66 bits per heavy atom. The molecule has 9 nitrogen and oxygen atoms in total. The van der Waals surface area contributed by atoms with E-state index in [0.29, 0.717) is 47.4 Å². The minimum absolute atomic E-state index is 0.0126. The molecule has 1 aromatic heterocycles. The molecule has 3 aliphatic rings. The van der Waals surface area contributed by atoms with Crippen LogP contribution in [0.5, 0.6) is 17.2 Å². The molecule has 1 unspecified atom stereocenters. The van der Waals surface area contributed by atoms with E-state index >= 15 is 4.39 Å². The number of aryl methyl sites for hydroxylation is 1. The number of Topliss-reactive ketones (excluding diaryl/α,β-unsaturated/α-hetero) is 2. The van der Waals surface area contributed by atoms with E-state index in [2.05, 4.69) is 9.88 Å². The van der Waals surface area contributed by atoms with Crippen molar-refractivity contribution in [3.05, 3.63) is 95.4 Å². The fourth-order valence-electron chi connectivity index (χ4n) is 7.09. The molecule has 1 spiro atoms. The third kappa shape index (κ3) is 7.27. The summed E-state index contributed by atoms with van der Waals surface area (Å²) in [6.07, 6.45) is 5.78. The molecule has 7 rings (SSSR count). The van der Waals surface area contributed by atoms with E-state index in [1.165, 1.54) is 12.1 Å². The molecule has 50 heavy (non-hydrogen) atoms. The van der Waals surface area contributed by atoms with Crippen LogP contribution in [0.25, 0.3) is 10.9 Å². The number of ether oxygens (including phenoxy) is 3. The summed E-state index contributed by atoms with van der Waals surface area (Å²) in [5, 5.41) is 0.700. The van der Waals surface area contributed by atoms with Crippen LogP contribution >= 0.6 is 0 Å². The molecule has 4 aromatic rings. The van der Waals surface area contributed by atoms with Crippen molar-refractivity contribution >= 4 is 28.4 Å². The highest BCUT2D eigenvalue weighted by molar-refractivity contribution is 6.11. The summed E-state index contributed by atoms with van der Waals surface area (Å²) in [4.78, 5) is 44.9. The van der Waals surface area contributed by atoms with Gasteiger partial charge in [0, 0.05) is 55.5 Å². The SMILES string of the molecule is Cc1ccc(CC(=O)C2(C(=O)Cc3ccc(Oc4ccnc5cc(OCCCN6CC(OC(=O)CN)C7(CC7)C6)ccc45)c(F)c3)CC2)cc1. The number of halogens is 1. The average molecular weight is 680 g/mol. The fraction of sp³-hybridized carbons (Fsp3) is 0.400. The predicted octanol–water partition coefficient (Wildman–Crippen LogP) is 5.91. The van der Waals surface area contributed by atoms with Crippen LogP contribution < -0.4 is 15.2 Å². The number of hydrogen-bond acceptors (Lipinski definition) is 9. The molecule has 2 saturated carbocycles. The smallest absolute Gasteiger partial charge is 0.320 e. The summed E-state index contributed by atoms with van der Waals surface area (Å²) in [6, 6.07) is 19.4. The van der Waals surface area contributed by atoms with Gasteiger partial charge in [-0.15, -0.1) is 0 Å². The molecule has 0 radical (unpaired) electrons. The number of esters is 1. The Morgan fingerprint density at radius 3 is 2.36 bits per heavy atom. The van der Waals surface area contributed by atoms with Gasteiger partial charge in [-0.3, -0.25) is 24.3 Å². The van der Waals surface area contributed by atoms with Crippen molar-refractivity contribution in [1.29, 1.82) is 0 Å². The summed E-state index contributed by atoms with van der Waals surface area (Å²) in [7, 11) is 0. The van der Waals surface area contributed by atoms with Gasteiger partial charge in [0.1, 0.15) is 17.6 Å². The second kappa shape index (κ2) is 13.9. The van der Waals surface area contributed by atoms with Crippen LogP contribution in [0, 0.1) is 23.6 Å². The molecule has 1 aliphatic heterocycles. The molecule has 260 valence electrons. The zero-order valence-electron chi connectivity index (χ0n) is 28.3. The van der Waals surface area contributed by atoms with E-state index in [0.717, 1.165) is 50.0 Å². The number of benzene rings is 3. The van der Waals surface area contributed by atoms with Gasteiger partial charge in [0.25, 0.3) is 0 Å². The number of pyridine rings is 1. The molecule has 0 bridgehead atoms. The maximum absolute atomic E-state index is 15.3. The van der Waals surface area contributed by atoms with Gasteiger partial charge < -0.3 is 19.9 Å². The van der Waals surface area contributed by atoms with Gasteiger partial charge >= 0.3 is 5.97 Å². The molecule has 3 fully saturated rings. The number of hydrogen-bond donors (Lipinski definition) is 1. The number of carbonyl (C=O) groups excluding carboxylic acids is 3. The fourth-order valence-corrected chi connectivity index (χ4v) is 7.09. The highest BCUT2D eigenvalue weighted by Gasteiger charge is 2.57. The van der Waals surface area contributed by atoms with E-state index in [-0.39, 0.29) is 54.2 Å². The third-order valence-corrected chi connectivity index (χ3v) is 10.4. The Hall–Kier alpha value is -4.67. The standard InChI is InChI=1S/C40H42FN3O6/c1-26-3-5-27(6-4-26)20-35(45)40(14-15-40)36(46)21-28-7-10-34(31(41)19-28)49-33-11-16-43-32-22-29(8-9-30(32)33)48-18-2-17-44-24-37(50-38(47)23-42)39(25-44)12-13-39/h3-11,16,19,22,37H,2,12-15,17-18,20-21,23-25,42H2,1H3. The topological polar surface area (TPSA) is 121 Å². The molecular formula is C40H42FN3O6. The second-order valence-corrected chi connectivity index (χ2v) is 14.1. The summed E-state index contributed by atoms with van der Waals surface area (Å²) in [6.45, 7) is 4.91. The van der Waals surface area contributed by atoms with Crippen LogP contribution in [-0.2, 0) is 32.0 Å². The van der Waals surface area contributed by atoms with Crippen molar-refractivity contribution in [2.24, 2.45) is 16.6 Å². The van der Waals surface area contributed by atoms with Gasteiger partial charge in [-0.1, -0.05) is 35.9 Å². The Bertz CT molecular complexity index is 1920. The van der Waals surface area contributed by atoms with Gasteiger partial charge in [0.05, 0.1) is 24.1 Å². The van der Waals surface area contributed by atoms with E-state index in [4.69, 9.17) is 19.9 Å². The first kappa shape index (κ1) is 33.8. The van der Waals surface area contributed by atoms with Crippen LogP contribution in [0.2, 0.25) is 0 Å². The minimum atomic E-state index is -0.964. The van der Waals surface area contributed by atoms with Crippen molar-refractivity contribution < 1.29 is 33.0 Å². The molecule has 1 saturated heterocycles. The monoisotopic (exact) mass is 679 g/mol. The summed E-state index contributed by atoms with van der Waals surface area (Å²) in [5.41, 5.74) is 7.73. The number of aromatic nitrogens is 1. The normalized spacial score (nSPS) is 18.6. The van der Waals surface area contributed by atoms with Crippen molar-refractivity contribution in [2.45, 2.75) is 58.0 Å². The number of likely N-dealkylation sites (tertiary alicyclic amines) is 1. The Morgan fingerprint density at radius 1 is 0.920 bits per heavy atom. The molecule has 0 amide bonds. The molecule has 2 aliphatic carbocycles. The highest BCUT2D eigenvalue weighted by atomic mass is 19.1. The molecule has 2 heterocycles. The van der Waals surface area contributed by atoms with Crippen molar-refractivity contribution in [3.8, 4) is 17.2 Å². The van der Waals surface area contributed by atoms with Gasteiger partial charge in [-0.25, -0.2) is 4.39 Å². The molecule has 2 N–H and O–H groups in total. The van der Waals surface area contributed by atoms with E-state index in [9.17, 15) is 14.4 Å². The van der Waals surface area contributed by atoms with E-state index in [1.807, 2.05) is 49.4 Å². The number of nitrogens with two attached hydrogens (primary N) is 1. The first-order valence-corrected chi connectivity index (χ1v) is 17.4. The first-order valence-electron chi connectivity index (χ1n) is 17.4. The largest absolute Gasteiger partial charge is 0.493 e. The first-order chi connectivity index (χ1) is 24.2. The maximum atomic E-state index is 15.3. The van der Waals surface area contributed by atoms with Crippen molar-refractivity contribution in [2.75, 3.05) is 32.8 Å². The lowest BCUT2D eigenvalue weighted by Gasteiger charge is -2.17. The highest BCUT2D eigenvalue weighted by Crippen LogP contribution is 2.54. The average Bonchev–Trinajstić information content (AvgIpc) is 4.04. The van der Waals surface area contributed by atoms with Crippen LogP contribution in [0.4, 0.5) is 4.39 Å². The van der Waals surface area contributed by atoms with Gasteiger partial charge in [-0.05, 0) is 80.5 Å². The van der Waals surface area contributed by atoms with Gasteiger partial charge in [0.2, 0.25) is 0 Å². The van der Waals surface area contributed by atoms with Crippen LogP contribution in [0.3, 0.4) is 0 Å².